The monoisotopic (exact) mass is 755 g/mol. The number of oxime groups is 1. The van der Waals surface area contributed by atoms with Crippen LogP contribution in [-0.4, -0.2) is 117 Å². The number of ether oxygens (including phenoxy) is 1. The third-order valence-electron chi connectivity index (χ3n) is 7.59. The van der Waals surface area contributed by atoms with Crippen LogP contribution in [0.4, 0.5) is 5.13 Å². The predicted molar refractivity (Wildman–Crippen MR) is 178 cm³/mol. The van der Waals surface area contributed by atoms with E-state index in [0.29, 0.717) is 30.4 Å². The van der Waals surface area contributed by atoms with Gasteiger partial charge in [0.25, 0.3) is 17.9 Å². The highest BCUT2D eigenvalue weighted by Crippen LogP contribution is 2.33. The maximum Gasteiger partial charge on any atom is 0.418 e. The maximum atomic E-state index is 13.2. The number of nitrogens with two attached hydrogens (primary N) is 1. The lowest BCUT2D eigenvalue weighted by atomic mass is 9.84. The van der Waals surface area contributed by atoms with E-state index in [-0.39, 0.29) is 17.4 Å². The molecular formula is C29H39N8O12S2+. The smallest absolute Gasteiger partial charge is 0.418 e. The molecule has 278 valence electrons. The summed E-state index contributed by atoms with van der Waals surface area (Å²) in [6.45, 7) is 3.58. The zero-order chi connectivity index (χ0) is 37.5. The Labute approximate surface area is 295 Å². The van der Waals surface area contributed by atoms with Crippen molar-refractivity contribution in [1.29, 1.82) is 0 Å². The number of carboxylic acids is 1. The average Bonchev–Trinajstić information content (AvgIpc) is 3.67. The quantitative estimate of drug-likeness (QED) is 0.0182. The van der Waals surface area contributed by atoms with E-state index >= 15 is 0 Å². The number of nitrogens with zero attached hydrogens (tertiary/aromatic N) is 5. The molecule has 1 unspecified atom stereocenters. The fraction of sp³-hybridized carbons (Fsp3) is 0.448. The van der Waals surface area contributed by atoms with Gasteiger partial charge in [0.1, 0.15) is 24.1 Å². The number of anilines is 1. The Bertz CT molecular complexity index is 1840. The molecule has 1 fully saturated rings. The lowest BCUT2D eigenvalue weighted by molar-refractivity contribution is -0.753. The van der Waals surface area contributed by atoms with Crippen molar-refractivity contribution in [2.75, 3.05) is 32.0 Å². The summed E-state index contributed by atoms with van der Waals surface area (Å²) in [5.74, 6) is -3.17. The van der Waals surface area contributed by atoms with Crippen LogP contribution >= 0.6 is 11.3 Å². The molecule has 0 spiro atoms. The van der Waals surface area contributed by atoms with Crippen molar-refractivity contribution in [3.8, 4) is 16.9 Å². The normalized spacial score (nSPS) is 17.1. The molecule has 1 saturated heterocycles. The largest absolute Gasteiger partial charge is 0.489 e. The van der Waals surface area contributed by atoms with Crippen molar-refractivity contribution < 1.29 is 61.2 Å². The molecule has 0 bridgehead atoms. The summed E-state index contributed by atoms with van der Waals surface area (Å²) >= 11 is 0.952. The number of aryl methyl sites for hydroxylation is 2. The fourth-order valence-corrected chi connectivity index (χ4v) is 5.83. The molecule has 1 aromatic carbocycles. The molecule has 3 atom stereocenters. The Morgan fingerprint density at radius 2 is 1.94 bits per heavy atom. The first-order valence-electron chi connectivity index (χ1n) is 15.3. The summed E-state index contributed by atoms with van der Waals surface area (Å²) < 4.78 is 45.1. The fourth-order valence-electron chi connectivity index (χ4n) is 4.83. The topological polar surface area (TPSA) is 281 Å². The van der Waals surface area contributed by atoms with Crippen LogP contribution in [0.3, 0.4) is 0 Å². The second-order valence-electron chi connectivity index (χ2n) is 11.8. The van der Waals surface area contributed by atoms with Crippen LogP contribution < -0.4 is 25.8 Å². The molecule has 51 heavy (non-hydrogen) atoms. The van der Waals surface area contributed by atoms with E-state index in [2.05, 4.69) is 25.1 Å². The minimum absolute atomic E-state index is 0.0503. The third-order valence-corrected chi connectivity index (χ3v) is 8.60. The molecule has 4 rings (SSSR count). The maximum absolute atomic E-state index is 13.2. The first-order valence-corrected chi connectivity index (χ1v) is 17.5. The van der Waals surface area contributed by atoms with E-state index in [1.807, 2.05) is 28.8 Å². The van der Waals surface area contributed by atoms with Gasteiger partial charge < -0.3 is 41.3 Å². The Morgan fingerprint density at radius 1 is 1.24 bits per heavy atom. The van der Waals surface area contributed by atoms with E-state index in [9.17, 15) is 33.0 Å². The van der Waals surface area contributed by atoms with E-state index in [4.69, 9.17) is 25.0 Å². The van der Waals surface area contributed by atoms with Gasteiger partial charge in [0.05, 0.1) is 36.6 Å². The number of aliphatic carboxylic acids is 1. The zero-order valence-electron chi connectivity index (χ0n) is 27.7. The number of carbonyl (C=O) groups is 3. The average molecular weight is 756 g/mol. The molecular weight excluding hydrogens is 716 g/mol. The van der Waals surface area contributed by atoms with E-state index in [1.54, 1.807) is 24.3 Å². The zero-order valence-corrected chi connectivity index (χ0v) is 29.3. The number of thiazole rings is 1. The van der Waals surface area contributed by atoms with E-state index in [1.165, 1.54) is 19.2 Å². The Morgan fingerprint density at radius 3 is 2.53 bits per heavy atom. The second kappa shape index (κ2) is 16.5. The Kier molecular flexibility index (Phi) is 12.7. The van der Waals surface area contributed by atoms with Gasteiger partial charge in [-0.25, -0.2) is 9.78 Å². The number of aromatic nitrogens is 3. The van der Waals surface area contributed by atoms with Crippen LogP contribution in [0.5, 0.6) is 5.75 Å². The molecule has 3 heterocycles. The van der Waals surface area contributed by atoms with Crippen molar-refractivity contribution in [1.82, 2.24) is 25.4 Å². The standard InChI is InChI=1S/C29H38N8O12S2/c1-29(2)24(26(41)37(29)49-51(44,45)46)33-25(40)23(21-16-50-28(30)32-21)34-48-22(27(42)43)15-47-20-7-5-17(6-8-20)18-12-35(3)36(13-18)10-4-9-31-11-19(39)14-38/h5-8,12-13,16,19,22,24,31,38-39H,4,9-11,14-15H2,1-3H3,(H4-,30,32,33,40,42,43,44,45,46)/p+1/b34-23+/t19-,22-,24?/m0/s1. The molecule has 2 amide bonds. The summed E-state index contributed by atoms with van der Waals surface area (Å²) in [5.41, 5.74) is 5.43. The molecule has 0 saturated carbocycles. The number of aliphatic hydroxyl groups excluding tert-OH is 2. The van der Waals surface area contributed by atoms with Gasteiger partial charge in [0.2, 0.25) is 6.20 Å². The molecule has 8 N–H and O–H groups in total. The highest BCUT2D eigenvalue weighted by Gasteiger charge is 2.58. The molecule has 2 aromatic heterocycles. The number of amides is 2. The molecule has 20 nitrogen and oxygen atoms in total. The van der Waals surface area contributed by atoms with Gasteiger partial charge in [-0.15, -0.1) is 20.3 Å². The molecule has 22 heteroatoms. The number of β-lactam (4-membered cyclic amide) rings is 1. The third kappa shape index (κ3) is 10.2. The predicted octanol–water partition coefficient (Wildman–Crippen LogP) is -1.56. The minimum atomic E-state index is -5.03. The highest BCUT2D eigenvalue weighted by atomic mass is 32.3. The number of carboxylic acid groups (broad SMARTS) is 1. The van der Waals surface area contributed by atoms with Gasteiger partial charge in [-0.3, -0.25) is 14.1 Å². The number of benzene rings is 1. The second-order valence-corrected chi connectivity index (χ2v) is 13.7. The minimum Gasteiger partial charge on any atom is -0.489 e. The van der Waals surface area contributed by atoms with Crippen LogP contribution in [0.25, 0.3) is 11.1 Å². The van der Waals surface area contributed by atoms with Gasteiger partial charge in [-0.05, 0) is 44.5 Å². The Hall–Kier alpha value is -4.71. The van der Waals surface area contributed by atoms with Crippen LogP contribution in [0.15, 0.2) is 47.2 Å². The van der Waals surface area contributed by atoms with Gasteiger partial charge in [0, 0.05) is 11.9 Å². The molecule has 0 radical (unpaired) electrons. The lowest BCUT2D eigenvalue weighted by Gasteiger charge is -2.50. The highest BCUT2D eigenvalue weighted by molar-refractivity contribution is 7.80. The Balaban J connectivity index is 1.38. The van der Waals surface area contributed by atoms with Crippen molar-refractivity contribution in [3.05, 3.63) is 47.7 Å². The van der Waals surface area contributed by atoms with E-state index < -0.39 is 64.3 Å². The van der Waals surface area contributed by atoms with Crippen molar-refractivity contribution >= 4 is 50.4 Å². The van der Waals surface area contributed by atoms with Crippen molar-refractivity contribution in [3.63, 3.8) is 0 Å². The summed E-state index contributed by atoms with van der Waals surface area (Å²) in [4.78, 5) is 47.0. The lowest BCUT2D eigenvalue weighted by Crippen LogP contribution is -2.76. The molecule has 1 aliphatic heterocycles. The van der Waals surface area contributed by atoms with Crippen LogP contribution in [0.2, 0.25) is 0 Å². The van der Waals surface area contributed by atoms with Gasteiger partial charge in [-0.2, -0.15) is 18.2 Å². The SMILES string of the molecule is C[n+]1cc(-c2ccc(OC[C@H](O/N=C(/C(=O)NC3C(=O)N(OS(=O)(=O)O)C3(C)C)c3csc(N)n3)C(=O)O)cc2)cn1CCCNC[C@H](O)CO. The summed E-state index contributed by atoms with van der Waals surface area (Å²) in [7, 11) is -3.12. The first-order chi connectivity index (χ1) is 24.0. The summed E-state index contributed by atoms with van der Waals surface area (Å²) in [6, 6.07) is 5.55. The number of rotatable bonds is 19. The molecule has 0 aliphatic carbocycles. The number of carbonyl (C=O) groups excluding carboxylic acids is 2. The summed E-state index contributed by atoms with van der Waals surface area (Å²) in [6.07, 6.45) is 2.22. The number of nitrogen functional groups attached to an aromatic ring is 1. The van der Waals surface area contributed by atoms with Crippen molar-refractivity contribution in [2.45, 2.75) is 50.6 Å². The summed E-state index contributed by atoms with van der Waals surface area (Å²) in [5, 5.41) is 39.0. The molecule has 1 aliphatic rings. The van der Waals surface area contributed by atoms with Crippen LogP contribution in [-0.2, 0) is 47.5 Å². The van der Waals surface area contributed by atoms with Crippen LogP contribution in [0.1, 0.15) is 26.0 Å². The number of aliphatic hydroxyl groups is 2. The number of hydrogen-bond acceptors (Lipinski definition) is 15. The number of nitrogens with one attached hydrogen (secondary N) is 2. The molecule has 3 aromatic rings. The van der Waals surface area contributed by atoms with Gasteiger partial charge in [0.15, 0.2) is 17.9 Å². The number of hydroxylamine groups is 2. The first kappa shape index (κ1) is 39.1. The number of hydrogen-bond donors (Lipinski definition) is 7. The van der Waals surface area contributed by atoms with Crippen molar-refractivity contribution in [2.24, 2.45) is 12.2 Å². The van der Waals surface area contributed by atoms with Gasteiger partial charge >= 0.3 is 16.4 Å². The van der Waals surface area contributed by atoms with E-state index in [0.717, 1.165) is 28.9 Å². The van der Waals surface area contributed by atoms with Gasteiger partial charge in [-0.1, -0.05) is 17.3 Å². The van der Waals surface area contributed by atoms with Crippen LogP contribution in [0, 0.1) is 0 Å².